The van der Waals surface area contributed by atoms with Crippen LogP contribution >= 0.6 is 0 Å². The molecule has 0 aliphatic carbocycles. The molecule has 0 spiro atoms. The molecule has 12 heteroatoms. The van der Waals surface area contributed by atoms with Crippen LogP contribution in [-0.2, 0) is 4.74 Å². The van der Waals surface area contributed by atoms with Gasteiger partial charge in [-0.3, -0.25) is 0 Å². The zero-order chi connectivity index (χ0) is 33.3. The third-order valence-electron chi connectivity index (χ3n) is 9.01. The fraction of sp³-hybridized carbons (Fsp3) is 0.417. The van der Waals surface area contributed by atoms with Gasteiger partial charge in [-0.15, -0.1) is 0 Å². The molecule has 48 heavy (non-hydrogen) atoms. The number of benzene rings is 3. The number of halogens is 1. The first-order valence-corrected chi connectivity index (χ1v) is 16.8. The largest absolute Gasteiger partial charge is 0.493 e. The SMILES string of the molecule is CCC(C)n1ncn(-c2ccc(N3CCN(c4ccc(OCC5COC(CN6N=CCN6)C5)cc4F)CC3)cc2)c1=O.c1ccccc1. The molecule has 2 fully saturated rings. The van der Waals surface area contributed by atoms with Crippen molar-refractivity contribution in [1.82, 2.24) is 24.9 Å². The highest BCUT2D eigenvalue weighted by Gasteiger charge is 2.28. The van der Waals surface area contributed by atoms with Crippen molar-refractivity contribution >= 4 is 17.6 Å². The highest BCUT2D eigenvalue weighted by molar-refractivity contribution is 5.60. The summed E-state index contributed by atoms with van der Waals surface area (Å²) in [6.07, 6.45) is 5.26. The Morgan fingerprint density at radius 1 is 0.979 bits per heavy atom. The van der Waals surface area contributed by atoms with Gasteiger partial charge in [-0.2, -0.15) is 10.2 Å². The monoisotopic (exact) mass is 656 g/mol. The van der Waals surface area contributed by atoms with Gasteiger partial charge in [-0.1, -0.05) is 43.3 Å². The van der Waals surface area contributed by atoms with E-state index >= 15 is 4.39 Å². The summed E-state index contributed by atoms with van der Waals surface area (Å²) in [5, 5.41) is 10.3. The van der Waals surface area contributed by atoms with Crippen LogP contribution in [0.15, 0.2) is 95.1 Å². The number of hydrogen-bond donors (Lipinski definition) is 1. The molecular weight excluding hydrogens is 611 g/mol. The van der Waals surface area contributed by atoms with Crippen LogP contribution in [0.4, 0.5) is 15.8 Å². The highest BCUT2D eigenvalue weighted by atomic mass is 19.1. The van der Waals surface area contributed by atoms with Crippen LogP contribution in [0.3, 0.4) is 0 Å². The first-order chi connectivity index (χ1) is 23.5. The zero-order valence-corrected chi connectivity index (χ0v) is 27.7. The fourth-order valence-corrected chi connectivity index (χ4v) is 6.09. The second kappa shape index (κ2) is 15.9. The number of piperazine rings is 1. The number of hydrazine groups is 1. The molecule has 3 unspecified atom stereocenters. The Morgan fingerprint density at radius 2 is 1.67 bits per heavy atom. The van der Waals surface area contributed by atoms with E-state index in [4.69, 9.17) is 9.47 Å². The maximum absolute atomic E-state index is 15.1. The minimum atomic E-state index is -0.271. The third kappa shape index (κ3) is 8.23. The molecule has 1 N–H and O–H groups in total. The Bertz CT molecular complexity index is 1640. The number of anilines is 2. The molecule has 2 saturated heterocycles. The molecule has 0 radical (unpaired) electrons. The van der Waals surface area contributed by atoms with E-state index in [9.17, 15) is 4.79 Å². The molecule has 0 bridgehead atoms. The summed E-state index contributed by atoms with van der Waals surface area (Å²) in [4.78, 5) is 17.1. The number of hydrogen-bond acceptors (Lipinski definition) is 9. The maximum atomic E-state index is 15.1. The summed E-state index contributed by atoms with van der Waals surface area (Å²) in [7, 11) is 0. The minimum absolute atomic E-state index is 0.0573. The van der Waals surface area contributed by atoms with Gasteiger partial charge < -0.3 is 19.3 Å². The van der Waals surface area contributed by atoms with Gasteiger partial charge in [-0.25, -0.2) is 29.0 Å². The lowest BCUT2D eigenvalue weighted by Gasteiger charge is -2.37. The van der Waals surface area contributed by atoms with E-state index in [1.165, 1.54) is 10.7 Å². The predicted octanol–water partition coefficient (Wildman–Crippen LogP) is 4.75. The Kier molecular flexibility index (Phi) is 11.0. The Morgan fingerprint density at radius 3 is 2.31 bits per heavy atom. The van der Waals surface area contributed by atoms with Gasteiger partial charge in [0.25, 0.3) is 0 Å². The maximum Gasteiger partial charge on any atom is 0.350 e. The van der Waals surface area contributed by atoms with Gasteiger partial charge in [0.2, 0.25) is 0 Å². The van der Waals surface area contributed by atoms with Crippen LogP contribution < -0.4 is 25.7 Å². The van der Waals surface area contributed by atoms with Crippen molar-refractivity contribution in [3.05, 3.63) is 101 Å². The standard InChI is InChI=1S/C30H39FN8O3.C6H6/c1-3-22(2)39-30(40)37(21-34-39)25-6-4-24(5-7-25)35-12-14-36(15-13-35)29-9-8-26(17-28(29)31)41-19-23-16-27(42-20-23)18-38-32-10-11-33-38;1-2-4-6-5-3-1/h4-10,17,21-23,27,33H,3,11-16,18-20H2,1-2H3;1-6H. The lowest BCUT2D eigenvalue weighted by Crippen LogP contribution is -2.46. The molecule has 3 aliphatic rings. The number of nitrogens with zero attached hydrogens (tertiary/aromatic N) is 7. The van der Waals surface area contributed by atoms with Crippen LogP contribution in [0, 0.1) is 11.7 Å². The first kappa shape index (κ1) is 33.2. The van der Waals surface area contributed by atoms with E-state index < -0.39 is 0 Å². The quantitative estimate of drug-likeness (QED) is 0.262. The fourth-order valence-electron chi connectivity index (χ4n) is 6.09. The molecule has 1 aromatic heterocycles. The first-order valence-electron chi connectivity index (χ1n) is 16.8. The molecule has 3 aromatic carbocycles. The number of hydrazone groups is 1. The van der Waals surface area contributed by atoms with Crippen LogP contribution in [0.25, 0.3) is 5.69 Å². The molecule has 11 nitrogen and oxygen atoms in total. The van der Waals surface area contributed by atoms with E-state index in [1.54, 1.807) is 10.9 Å². The lowest BCUT2D eigenvalue weighted by molar-refractivity contribution is 0.0590. The number of aromatic nitrogens is 3. The Balaban J connectivity index is 0.000000604. The molecule has 7 rings (SSSR count). The van der Waals surface area contributed by atoms with Crippen LogP contribution in [0.1, 0.15) is 32.7 Å². The van der Waals surface area contributed by atoms with Crippen molar-refractivity contribution in [3.63, 3.8) is 0 Å². The Labute approximate surface area is 281 Å². The highest BCUT2D eigenvalue weighted by Crippen LogP contribution is 2.28. The van der Waals surface area contributed by atoms with E-state index in [0.717, 1.165) is 43.9 Å². The van der Waals surface area contributed by atoms with Gasteiger partial charge in [0.1, 0.15) is 17.9 Å². The number of rotatable bonds is 10. The molecule has 3 atom stereocenters. The molecule has 3 aliphatic heterocycles. The topological polar surface area (TPSA) is 92.4 Å². The van der Waals surface area contributed by atoms with Crippen molar-refractivity contribution < 1.29 is 13.9 Å². The second-order valence-corrected chi connectivity index (χ2v) is 12.4. The average Bonchev–Trinajstić information content (AvgIpc) is 3.91. The summed E-state index contributed by atoms with van der Waals surface area (Å²) in [6, 6.07) is 25.2. The van der Waals surface area contributed by atoms with Crippen molar-refractivity contribution in [2.24, 2.45) is 11.0 Å². The van der Waals surface area contributed by atoms with Crippen LogP contribution in [0.2, 0.25) is 0 Å². The normalized spacial score (nSPS) is 19.7. The molecule has 254 valence electrons. The Hall–Kier alpha value is -4.68. The minimum Gasteiger partial charge on any atom is -0.493 e. The van der Waals surface area contributed by atoms with E-state index in [0.29, 0.717) is 44.3 Å². The summed E-state index contributed by atoms with van der Waals surface area (Å²) >= 11 is 0. The average molecular weight is 657 g/mol. The van der Waals surface area contributed by atoms with E-state index in [2.05, 4.69) is 25.4 Å². The second-order valence-electron chi connectivity index (χ2n) is 12.4. The van der Waals surface area contributed by atoms with Gasteiger partial charge in [0.05, 0.1) is 49.8 Å². The molecule has 4 aromatic rings. The molecule has 0 saturated carbocycles. The number of ether oxygens (including phenoxy) is 2. The predicted molar refractivity (Wildman–Crippen MR) is 187 cm³/mol. The lowest BCUT2D eigenvalue weighted by atomic mass is 10.1. The smallest absolute Gasteiger partial charge is 0.350 e. The number of nitrogens with one attached hydrogen (secondary N) is 1. The van der Waals surface area contributed by atoms with Gasteiger partial charge >= 0.3 is 5.69 Å². The van der Waals surface area contributed by atoms with Crippen molar-refractivity contribution in [2.45, 2.75) is 38.8 Å². The molecule has 0 amide bonds. The van der Waals surface area contributed by atoms with E-state index in [-0.39, 0.29) is 29.6 Å². The van der Waals surface area contributed by atoms with Crippen molar-refractivity contribution in [1.29, 1.82) is 0 Å². The van der Waals surface area contributed by atoms with Gasteiger partial charge in [-0.05, 0) is 56.2 Å². The third-order valence-corrected chi connectivity index (χ3v) is 9.01. The van der Waals surface area contributed by atoms with Gasteiger partial charge in [0.15, 0.2) is 0 Å². The van der Waals surface area contributed by atoms with Crippen LogP contribution in [0.5, 0.6) is 5.75 Å². The van der Waals surface area contributed by atoms with Crippen LogP contribution in [-0.4, -0.2) is 84.3 Å². The van der Waals surface area contributed by atoms with E-state index in [1.807, 2.05) is 98.0 Å². The molecule has 4 heterocycles. The molecular formula is C36H45FN8O3. The summed E-state index contributed by atoms with van der Waals surface area (Å²) < 4.78 is 30.1. The van der Waals surface area contributed by atoms with Gasteiger partial charge in [0, 0.05) is 50.1 Å². The van der Waals surface area contributed by atoms with Crippen molar-refractivity contribution in [2.75, 3.05) is 62.3 Å². The summed E-state index contributed by atoms with van der Waals surface area (Å²) in [5.74, 6) is 0.542. The summed E-state index contributed by atoms with van der Waals surface area (Å²) in [5.41, 5.74) is 5.49. The van der Waals surface area contributed by atoms with Crippen molar-refractivity contribution in [3.8, 4) is 11.4 Å². The summed E-state index contributed by atoms with van der Waals surface area (Å²) in [6.45, 7) is 9.57. The zero-order valence-electron chi connectivity index (χ0n) is 27.7.